The lowest BCUT2D eigenvalue weighted by Crippen LogP contribution is -2.01. The standard InChI is InChI=1S/C10H12O2.O3S/c1-2-10(11)12-8-9-6-4-3-5-7-9;1-4(2)3/h3-7H,2,8H2,1H3;. The normalized spacial score (nSPS) is 8.56. The Labute approximate surface area is 95.1 Å². The molecule has 1 rings (SSSR count). The molecule has 16 heavy (non-hydrogen) atoms. The first kappa shape index (κ1) is 14.3. The van der Waals surface area contributed by atoms with E-state index in [1.807, 2.05) is 30.3 Å². The molecule has 0 saturated heterocycles. The number of ether oxygens (including phenoxy) is 1. The maximum absolute atomic E-state index is 10.8. The second-order valence-electron chi connectivity index (χ2n) is 2.70. The van der Waals surface area contributed by atoms with Crippen LogP contribution in [0.4, 0.5) is 0 Å². The summed E-state index contributed by atoms with van der Waals surface area (Å²) < 4.78 is 30.3. The molecule has 0 saturated carbocycles. The summed E-state index contributed by atoms with van der Waals surface area (Å²) in [6.07, 6.45) is 0.437. The van der Waals surface area contributed by atoms with Crippen molar-refractivity contribution in [2.45, 2.75) is 20.0 Å². The van der Waals surface area contributed by atoms with Gasteiger partial charge in [-0.1, -0.05) is 37.3 Å². The molecule has 6 heteroatoms. The van der Waals surface area contributed by atoms with E-state index >= 15 is 0 Å². The molecule has 0 aromatic heterocycles. The monoisotopic (exact) mass is 244 g/mol. The Balaban J connectivity index is 0.000000487. The van der Waals surface area contributed by atoms with E-state index in [1.54, 1.807) is 6.92 Å². The van der Waals surface area contributed by atoms with Crippen molar-refractivity contribution >= 4 is 16.6 Å². The van der Waals surface area contributed by atoms with Crippen LogP contribution in [0.3, 0.4) is 0 Å². The molecule has 0 atom stereocenters. The highest BCUT2D eigenvalue weighted by Gasteiger charge is 1.97. The highest BCUT2D eigenvalue weighted by atomic mass is 32.2. The summed E-state index contributed by atoms with van der Waals surface area (Å²) in [4.78, 5) is 10.8. The summed E-state index contributed by atoms with van der Waals surface area (Å²) in [7, 11) is -3.11. The third-order valence-electron chi connectivity index (χ3n) is 1.53. The van der Waals surface area contributed by atoms with Crippen LogP contribution < -0.4 is 0 Å². The van der Waals surface area contributed by atoms with Gasteiger partial charge in [0.1, 0.15) is 6.61 Å². The number of hydrogen-bond donors (Lipinski definition) is 0. The summed E-state index contributed by atoms with van der Waals surface area (Å²) in [5, 5.41) is 0. The van der Waals surface area contributed by atoms with Crippen LogP contribution in [0, 0.1) is 0 Å². The van der Waals surface area contributed by atoms with Gasteiger partial charge in [0.15, 0.2) is 0 Å². The molecule has 1 aromatic rings. The molecule has 0 heterocycles. The van der Waals surface area contributed by atoms with Gasteiger partial charge in [0.2, 0.25) is 0 Å². The third-order valence-corrected chi connectivity index (χ3v) is 1.53. The largest absolute Gasteiger partial charge is 0.461 e. The van der Waals surface area contributed by atoms with Crippen molar-refractivity contribution in [3.05, 3.63) is 35.9 Å². The lowest BCUT2D eigenvalue weighted by molar-refractivity contribution is -0.144. The first-order chi connectivity index (χ1) is 7.56. The topological polar surface area (TPSA) is 77.5 Å². The van der Waals surface area contributed by atoms with E-state index < -0.39 is 10.6 Å². The van der Waals surface area contributed by atoms with Crippen molar-refractivity contribution < 1.29 is 22.2 Å². The van der Waals surface area contributed by atoms with Crippen molar-refractivity contribution in [2.75, 3.05) is 0 Å². The van der Waals surface area contributed by atoms with Gasteiger partial charge < -0.3 is 4.74 Å². The van der Waals surface area contributed by atoms with Crippen molar-refractivity contribution in [2.24, 2.45) is 0 Å². The van der Waals surface area contributed by atoms with Crippen molar-refractivity contribution in [1.29, 1.82) is 0 Å². The molecule has 5 nitrogen and oxygen atoms in total. The second kappa shape index (κ2) is 8.60. The zero-order valence-corrected chi connectivity index (χ0v) is 9.57. The minimum atomic E-state index is -3.11. The number of carbonyl (C=O) groups excluding carboxylic acids is 1. The molecule has 0 N–H and O–H groups in total. The highest BCUT2D eigenvalue weighted by molar-refractivity contribution is 7.59. The predicted molar refractivity (Wildman–Crippen MR) is 56.2 cm³/mol. The zero-order valence-electron chi connectivity index (χ0n) is 8.75. The Bertz CT molecular complexity index is 402. The Morgan fingerprint density at radius 2 is 1.69 bits per heavy atom. The average Bonchev–Trinajstić information content (AvgIpc) is 2.26. The van der Waals surface area contributed by atoms with Gasteiger partial charge in [-0.05, 0) is 5.56 Å². The maximum Gasteiger partial charge on any atom is 0.425 e. The third kappa shape index (κ3) is 8.89. The molecule has 0 radical (unpaired) electrons. The number of benzene rings is 1. The Kier molecular flexibility index (Phi) is 7.70. The Hall–Kier alpha value is -1.69. The van der Waals surface area contributed by atoms with Crippen LogP contribution in [0.25, 0.3) is 0 Å². The molecule has 0 amide bonds. The van der Waals surface area contributed by atoms with Crippen molar-refractivity contribution in [1.82, 2.24) is 0 Å². The molecule has 88 valence electrons. The minimum Gasteiger partial charge on any atom is -0.461 e. The predicted octanol–water partition coefficient (Wildman–Crippen LogP) is 1.14. The maximum atomic E-state index is 10.8. The Morgan fingerprint density at radius 1 is 1.19 bits per heavy atom. The minimum absolute atomic E-state index is 0.154. The lowest BCUT2D eigenvalue weighted by Gasteiger charge is -2.01. The van der Waals surface area contributed by atoms with Crippen LogP contribution in [-0.2, 0) is 26.7 Å². The second-order valence-corrected chi connectivity index (χ2v) is 3.11. The fourth-order valence-electron chi connectivity index (χ4n) is 0.840. The summed E-state index contributed by atoms with van der Waals surface area (Å²) in [5.41, 5.74) is 1.03. The van der Waals surface area contributed by atoms with E-state index in [2.05, 4.69) is 0 Å². The number of carbonyl (C=O) groups is 1. The molecule has 0 unspecified atom stereocenters. The molecule has 0 aliphatic heterocycles. The van der Waals surface area contributed by atoms with Gasteiger partial charge in [-0.25, -0.2) is 0 Å². The van der Waals surface area contributed by atoms with Gasteiger partial charge in [0.05, 0.1) is 0 Å². The van der Waals surface area contributed by atoms with E-state index in [4.69, 9.17) is 17.4 Å². The van der Waals surface area contributed by atoms with E-state index in [1.165, 1.54) is 0 Å². The fraction of sp³-hybridized carbons (Fsp3) is 0.300. The summed E-state index contributed by atoms with van der Waals surface area (Å²) in [5.74, 6) is -0.154. The van der Waals surface area contributed by atoms with Crippen LogP contribution in [0.1, 0.15) is 18.9 Å². The van der Waals surface area contributed by atoms with Crippen LogP contribution in [0.15, 0.2) is 30.3 Å². The highest BCUT2D eigenvalue weighted by Crippen LogP contribution is 2.00. The first-order valence-electron chi connectivity index (χ1n) is 4.52. The Morgan fingerprint density at radius 3 is 2.12 bits per heavy atom. The smallest absolute Gasteiger partial charge is 0.425 e. The van der Waals surface area contributed by atoms with Gasteiger partial charge in [0.25, 0.3) is 0 Å². The first-order valence-corrected chi connectivity index (χ1v) is 5.52. The molecule has 0 aliphatic rings. The zero-order chi connectivity index (χ0) is 12.4. The van der Waals surface area contributed by atoms with Gasteiger partial charge in [0, 0.05) is 6.42 Å². The summed E-state index contributed by atoms with van der Waals surface area (Å²) in [6, 6.07) is 9.65. The van der Waals surface area contributed by atoms with Crippen LogP contribution in [0.5, 0.6) is 0 Å². The number of esters is 1. The van der Waals surface area contributed by atoms with E-state index in [0.29, 0.717) is 13.0 Å². The van der Waals surface area contributed by atoms with Gasteiger partial charge in [-0.2, -0.15) is 0 Å². The van der Waals surface area contributed by atoms with Crippen LogP contribution >= 0.6 is 0 Å². The van der Waals surface area contributed by atoms with Crippen LogP contribution in [0.2, 0.25) is 0 Å². The molecule has 0 spiro atoms. The molecule has 0 fully saturated rings. The fourth-order valence-corrected chi connectivity index (χ4v) is 0.840. The van der Waals surface area contributed by atoms with Crippen molar-refractivity contribution in [3.63, 3.8) is 0 Å². The molecular weight excluding hydrogens is 232 g/mol. The van der Waals surface area contributed by atoms with Gasteiger partial charge in [-0.15, -0.1) is 12.6 Å². The molecule has 0 bridgehead atoms. The number of hydrogen-bond acceptors (Lipinski definition) is 5. The molecule has 1 aromatic carbocycles. The lowest BCUT2D eigenvalue weighted by atomic mass is 10.2. The van der Waals surface area contributed by atoms with Crippen LogP contribution in [-0.4, -0.2) is 18.6 Å². The van der Waals surface area contributed by atoms with E-state index in [0.717, 1.165) is 5.56 Å². The number of rotatable bonds is 3. The van der Waals surface area contributed by atoms with Gasteiger partial charge >= 0.3 is 16.6 Å². The molecular formula is C10H12O5S. The summed E-state index contributed by atoms with van der Waals surface area (Å²) >= 11 is 0. The summed E-state index contributed by atoms with van der Waals surface area (Å²) in [6.45, 7) is 2.17. The van der Waals surface area contributed by atoms with Crippen molar-refractivity contribution in [3.8, 4) is 0 Å². The SMILES string of the molecule is CCC(=O)OCc1ccccc1.O=S(=O)=O. The van der Waals surface area contributed by atoms with E-state index in [-0.39, 0.29) is 5.97 Å². The molecule has 0 aliphatic carbocycles. The average molecular weight is 244 g/mol. The quantitative estimate of drug-likeness (QED) is 0.745. The van der Waals surface area contributed by atoms with Gasteiger partial charge in [-0.3, -0.25) is 4.79 Å². The van der Waals surface area contributed by atoms with E-state index in [9.17, 15) is 4.79 Å².